The highest BCUT2D eigenvalue weighted by atomic mass is 16.8. The first kappa shape index (κ1) is 28.1. The molecule has 14 nitrogen and oxygen atoms in total. The molecule has 0 saturated carbocycles. The molecule has 2 fully saturated rings. The number of aliphatic hydroxyl groups is 5. The predicted octanol–water partition coefficient (Wildman–Crippen LogP) is -0.754. The van der Waals surface area contributed by atoms with Gasteiger partial charge in [0, 0.05) is 17.7 Å². The van der Waals surface area contributed by atoms with Crippen molar-refractivity contribution in [3.8, 4) is 34.3 Å². The maximum absolute atomic E-state index is 13.6. The average molecular weight is 564 g/mol. The summed E-state index contributed by atoms with van der Waals surface area (Å²) in [7, 11) is 0. The maximum Gasteiger partial charge on any atom is 0.239 e. The lowest BCUT2D eigenvalue weighted by molar-refractivity contribution is -0.316. The van der Waals surface area contributed by atoms with Crippen LogP contribution in [0.5, 0.6) is 23.0 Å². The summed E-state index contributed by atoms with van der Waals surface area (Å²) in [6.45, 7) is 0.737. The predicted molar refractivity (Wildman–Crippen MR) is 133 cm³/mol. The molecule has 2 aliphatic heterocycles. The first-order valence-electron chi connectivity index (χ1n) is 12.3. The number of rotatable bonds is 6. The van der Waals surface area contributed by atoms with Crippen LogP contribution < -0.4 is 10.2 Å². The molecule has 0 bridgehead atoms. The molecule has 0 unspecified atom stereocenters. The molecule has 0 amide bonds. The third-order valence-corrected chi connectivity index (χ3v) is 6.86. The van der Waals surface area contributed by atoms with Gasteiger partial charge in [-0.15, -0.1) is 0 Å². The fraction of sp³-hybridized carbons (Fsp3) is 0.423. The van der Waals surface area contributed by atoms with Gasteiger partial charge >= 0.3 is 0 Å². The van der Waals surface area contributed by atoms with Gasteiger partial charge in [-0.1, -0.05) is 0 Å². The van der Waals surface area contributed by atoms with Crippen molar-refractivity contribution in [3.63, 3.8) is 0 Å². The molecule has 2 aliphatic rings. The number of phenols is 3. The van der Waals surface area contributed by atoms with Crippen LogP contribution in [0.4, 0.5) is 0 Å². The van der Waals surface area contributed by atoms with Crippen LogP contribution in [-0.2, 0) is 14.2 Å². The van der Waals surface area contributed by atoms with Gasteiger partial charge in [-0.2, -0.15) is 0 Å². The summed E-state index contributed by atoms with van der Waals surface area (Å²) in [6.07, 6.45) is -13.3. The molecule has 216 valence electrons. The molecule has 0 aliphatic carbocycles. The molecular formula is C26H28O14. The highest BCUT2D eigenvalue weighted by Crippen LogP contribution is 2.38. The second-order valence-electron chi connectivity index (χ2n) is 9.59. The summed E-state index contributed by atoms with van der Waals surface area (Å²) in [4.78, 5) is 13.6. The van der Waals surface area contributed by atoms with Crippen molar-refractivity contribution in [2.24, 2.45) is 0 Å². The number of fused-ring (bicyclic) bond motifs is 1. The summed E-state index contributed by atoms with van der Waals surface area (Å²) in [5.74, 6) is -1.80. The second kappa shape index (κ2) is 10.8. The zero-order valence-corrected chi connectivity index (χ0v) is 20.9. The van der Waals surface area contributed by atoms with Crippen molar-refractivity contribution in [3.05, 3.63) is 46.6 Å². The molecule has 0 radical (unpaired) electrons. The van der Waals surface area contributed by atoms with Crippen LogP contribution in [0.3, 0.4) is 0 Å². The number of hydrogen-bond donors (Lipinski definition) is 8. The Kier molecular flexibility index (Phi) is 7.60. The molecule has 1 aromatic heterocycles. The number of benzene rings is 2. The van der Waals surface area contributed by atoms with Crippen molar-refractivity contribution < 1.29 is 64.2 Å². The lowest BCUT2D eigenvalue weighted by atomic mass is 10.00. The van der Waals surface area contributed by atoms with Gasteiger partial charge in [0.15, 0.2) is 18.2 Å². The van der Waals surface area contributed by atoms with E-state index in [0.29, 0.717) is 0 Å². The molecule has 8 N–H and O–H groups in total. The molecule has 9 atom stereocenters. The Hall–Kier alpha value is -3.47. The van der Waals surface area contributed by atoms with Gasteiger partial charge in [0.25, 0.3) is 0 Å². The molecule has 3 heterocycles. The Morgan fingerprint density at radius 2 is 1.55 bits per heavy atom. The van der Waals surface area contributed by atoms with Gasteiger partial charge in [0.2, 0.25) is 17.5 Å². The molecular weight excluding hydrogens is 536 g/mol. The minimum atomic E-state index is -1.74. The van der Waals surface area contributed by atoms with Crippen LogP contribution in [0.15, 0.2) is 45.6 Å². The van der Waals surface area contributed by atoms with Crippen LogP contribution in [0.2, 0.25) is 0 Å². The number of phenolic OH excluding ortho intramolecular Hbond substituents is 3. The first-order chi connectivity index (χ1) is 19.0. The molecule has 5 rings (SSSR count). The average Bonchev–Trinajstić information content (AvgIpc) is 3.21. The van der Waals surface area contributed by atoms with E-state index >= 15 is 0 Å². The summed E-state index contributed by atoms with van der Waals surface area (Å²) < 4.78 is 28.5. The minimum Gasteiger partial charge on any atom is -0.508 e. The minimum absolute atomic E-state index is 0.0845. The maximum atomic E-state index is 13.6. The van der Waals surface area contributed by atoms with E-state index in [4.69, 9.17) is 23.4 Å². The summed E-state index contributed by atoms with van der Waals surface area (Å²) in [5, 5.41) is 80.7. The van der Waals surface area contributed by atoms with E-state index in [2.05, 4.69) is 0 Å². The summed E-state index contributed by atoms with van der Waals surface area (Å²) >= 11 is 0. The largest absolute Gasteiger partial charge is 0.508 e. The van der Waals surface area contributed by atoms with E-state index in [0.717, 1.165) is 12.1 Å². The van der Waals surface area contributed by atoms with Crippen molar-refractivity contribution >= 4 is 11.0 Å². The van der Waals surface area contributed by atoms with Crippen LogP contribution in [0.25, 0.3) is 22.3 Å². The number of hydrogen-bond acceptors (Lipinski definition) is 14. The SMILES string of the molecule is C[C@@H]1O[C@@H](O[C@H]2[C@@H](Oc3c(-c4ccc(O)cc4)oc4cc(O)cc(O)c4c3=O)O[C@@H](CO)[C@H]2O)[C@@H](O)[C@H](O)[C@H]1O. The fourth-order valence-electron chi connectivity index (χ4n) is 4.67. The van der Waals surface area contributed by atoms with Gasteiger partial charge < -0.3 is 64.2 Å². The lowest BCUT2D eigenvalue weighted by Crippen LogP contribution is -2.59. The van der Waals surface area contributed by atoms with E-state index in [1.54, 1.807) is 0 Å². The topological polar surface area (TPSA) is 229 Å². The highest BCUT2D eigenvalue weighted by molar-refractivity contribution is 5.88. The zero-order valence-electron chi connectivity index (χ0n) is 20.9. The molecule has 0 spiro atoms. The second-order valence-corrected chi connectivity index (χ2v) is 9.59. The number of ether oxygens (including phenoxy) is 4. The van der Waals surface area contributed by atoms with Crippen LogP contribution in [-0.4, -0.2) is 103 Å². The number of aliphatic hydroxyl groups excluding tert-OH is 5. The Morgan fingerprint density at radius 3 is 2.23 bits per heavy atom. The molecule has 3 aromatic rings. The lowest BCUT2D eigenvalue weighted by Gasteiger charge is -2.40. The van der Waals surface area contributed by atoms with Crippen LogP contribution in [0, 0.1) is 0 Å². The molecule has 40 heavy (non-hydrogen) atoms. The molecule has 2 aromatic carbocycles. The van der Waals surface area contributed by atoms with Gasteiger partial charge in [-0.25, -0.2) is 0 Å². The van der Waals surface area contributed by atoms with Gasteiger partial charge in [-0.3, -0.25) is 4.79 Å². The van der Waals surface area contributed by atoms with E-state index in [1.165, 1.54) is 31.2 Å². The Bertz CT molecular complexity index is 1420. The first-order valence-corrected chi connectivity index (χ1v) is 12.3. The Balaban J connectivity index is 1.57. The summed E-state index contributed by atoms with van der Waals surface area (Å²) in [5.41, 5.74) is -0.847. The van der Waals surface area contributed by atoms with Gasteiger partial charge in [0.05, 0.1) is 12.7 Å². The molecule has 2 saturated heterocycles. The van der Waals surface area contributed by atoms with E-state index < -0.39 is 78.8 Å². The quantitative estimate of drug-likeness (QED) is 0.184. The van der Waals surface area contributed by atoms with Crippen LogP contribution >= 0.6 is 0 Å². The smallest absolute Gasteiger partial charge is 0.239 e. The van der Waals surface area contributed by atoms with Crippen molar-refractivity contribution in [1.29, 1.82) is 0 Å². The van der Waals surface area contributed by atoms with Gasteiger partial charge in [0.1, 0.15) is 58.7 Å². The molecule has 14 heteroatoms. The van der Waals surface area contributed by atoms with Crippen LogP contribution in [0.1, 0.15) is 6.92 Å². The van der Waals surface area contributed by atoms with Crippen molar-refractivity contribution in [2.45, 2.75) is 62.2 Å². The highest BCUT2D eigenvalue weighted by Gasteiger charge is 2.51. The Labute approximate surface area is 225 Å². The Morgan fingerprint density at radius 1 is 0.850 bits per heavy atom. The monoisotopic (exact) mass is 564 g/mol. The van der Waals surface area contributed by atoms with E-state index in [9.17, 15) is 45.6 Å². The number of aromatic hydroxyl groups is 3. The van der Waals surface area contributed by atoms with E-state index in [1.807, 2.05) is 0 Å². The third kappa shape index (κ3) is 4.95. The van der Waals surface area contributed by atoms with Crippen molar-refractivity contribution in [1.82, 2.24) is 0 Å². The normalized spacial score (nSPS) is 32.4. The van der Waals surface area contributed by atoms with E-state index in [-0.39, 0.29) is 33.8 Å². The fourth-order valence-corrected chi connectivity index (χ4v) is 4.67. The zero-order chi connectivity index (χ0) is 28.9. The van der Waals surface area contributed by atoms with Crippen molar-refractivity contribution in [2.75, 3.05) is 6.61 Å². The standard InChI is InChI=1S/C26H28O14/c1-9-17(31)20(34)21(35)25(36-9)40-24-18(32)15(8-27)38-26(24)39-23-19(33)16-13(30)6-12(29)7-14(16)37-22(23)10-2-4-11(28)5-3-10/h2-7,9,15,17-18,20-21,24-32,34-35H,8H2,1H3/t9-,15-,17-,18+,20+,21-,24+,25-,26+/m0/s1. The summed E-state index contributed by atoms with van der Waals surface area (Å²) in [6, 6.07) is 7.48. The van der Waals surface area contributed by atoms with Gasteiger partial charge in [-0.05, 0) is 31.2 Å². The third-order valence-electron chi connectivity index (χ3n) is 6.86.